The molecule has 0 saturated heterocycles. The Hall–Kier alpha value is -2.68. The number of nitrogens with one attached hydrogen (secondary N) is 1. The molecule has 0 saturated carbocycles. The number of nitrogens with zero attached hydrogens (tertiary/aromatic N) is 4. The van der Waals surface area contributed by atoms with E-state index in [2.05, 4.69) is 15.4 Å². The summed E-state index contributed by atoms with van der Waals surface area (Å²) in [5.41, 5.74) is 2.39. The van der Waals surface area contributed by atoms with Gasteiger partial charge in [0.15, 0.2) is 0 Å². The molecular formula is C12H16N6O3. The van der Waals surface area contributed by atoms with E-state index in [1.54, 1.807) is 11.9 Å². The zero-order valence-electron chi connectivity index (χ0n) is 12.0. The molecule has 3 N–H and O–H groups in total. The second-order valence-corrected chi connectivity index (χ2v) is 4.57. The SMILES string of the molecule is Cc1ccc(CN(C)c2nc(NN)nc(C)c2[N+](=O)[O-])o1. The van der Waals surface area contributed by atoms with Crippen molar-refractivity contribution in [2.75, 3.05) is 17.4 Å². The third-order valence-electron chi connectivity index (χ3n) is 2.90. The van der Waals surface area contributed by atoms with Crippen LogP contribution >= 0.6 is 0 Å². The van der Waals surface area contributed by atoms with E-state index >= 15 is 0 Å². The molecule has 0 unspecified atom stereocenters. The van der Waals surface area contributed by atoms with Crippen LogP contribution < -0.4 is 16.2 Å². The van der Waals surface area contributed by atoms with Crippen LogP contribution in [0.4, 0.5) is 17.5 Å². The number of aryl methyl sites for hydroxylation is 2. The molecule has 2 rings (SSSR count). The van der Waals surface area contributed by atoms with Crippen molar-refractivity contribution in [1.82, 2.24) is 9.97 Å². The number of furan rings is 1. The maximum Gasteiger partial charge on any atom is 0.332 e. The summed E-state index contributed by atoms with van der Waals surface area (Å²) >= 11 is 0. The van der Waals surface area contributed by atoms with Gasteiger partial charge in [0, 0.05) is 7.05 Å². The molecule has 2 aromatic rings. The van der Waals surface area contributed by atoms with Crippen LogP contribution in [0.15, 0.2) is 16.5 Å². The van der Waals surface area contributed by atoms with E-state index in [0.29, 0.717) is 12.3 Å². The van der Waals surface area contributed by atoms with Crippen LogP contribution in [0.1, 0.15) is 17.2 Å². The maximum absolute atomic E-state index is 11.2. The number of rotatable bonds is 5. The van der Waals surface area contributed by atoms with Gasteiger partial charge in [-0.2, -0.15) is 4.98 Å². The molecule has 0 bridgehead atoms. The summed E-state index contributed by atoms with van der Waals surface area (Å²) in [6.07, 6.45) is 0. The van der Waals surface area contributed by atoms with Crippen molar-refractivity contribution in [3.05, 3.63) is 39.5 Å². The largest absolute Gasteiger partial charge is 0.464 e. The van der Waals surface area contributed by atoms with Crippen LogP contribution in [0.2, 0.25) is 0 Å². The summed E-state index contributed by atoms with van der Waals surface area (Å²) in [7, 11) is 1.69. The van der Waals surface area contributed by atoms with Crippen LogP contribution in [0.25, 0.3) is 0 Å². The maximum atomic E-state index is 11.2. The Kier molecular flexibility index (Phi) is 4.03. The molecule has 21 heavy (non-hydrogen) atoms. The van der Waals surface area contributed by atoms with Crippen molar-refractivity contribution >= 4 is 17.5 Å². The van der Waals surface area contributed by atoms with Crippen LogP contribution in [0.3, 0.4) is 0 Å². The fourth-order valence-electron chi connectivity index (χ4n) is 1.98. The lowest BCUT2D eigenvalue weighted by atomic mass is 10.3. The summed E-state index contributed by atoms with van der Waals surface area (Å²) in [5, 5.41) is 11.2. The molecule has 112 valence electrons. The number of aromatic nitrogens is 2. The number of hydrogen-bond donors (Lipinski definition) is 2. The third kappa shape index (κ3) is 3.08. The van der Waals surface area contributed by atoms with Crippen molar-refractivity contribution in [3.8, 4) is 0 Å². The molecule has 0 aliphatic carbocycles. The van der Waals surface area contributed by atoms with Gasteiger partial charge in [-0.25, -0.2) is 10.8 Å². The highest BCUT2D eigenvalue weighted by molar-refractivity contribution is 5.62. The molecule has 2 heterocycles. The van der Waals surface area contributed by atoms with Crippen molar-refractivity contribution in [1.29, 1.82) is 0 Å². The second-order valence-electron chi connectivity index (χ2n) is 4.57. The standard InChI is InChI=1S/C12H16N6O3/c1-7-4-5-9(21-7)6-17(3)11-10(18(19)20)8(2)14-12(15-11)16-13/h4-5H,6,13H2,1-3H3,(H,14,15,16). The number of anilines is 2. The predicted molar refractivity (Wildman–Crippen MR) is 76.8 cm³/mol. The molecule has 0 fully saturated rings. The average molecular weight is 292 g/mol. The van der Waals surface area contributed by atoms with Crippen LogP contribution in [0, 0.1) is 24.0 Å². The lowest BCUT2D eigenvalue weighted by Gasteiger charge is -2.17. The molecule has 9 nitrogen and oxygen atoms in total. The Morgan fingerprint density at radius 1 is 1.43 bits per heavy atom. The van der Waals surface area contributed by atoms with Crippen molar-refractivity contribution in [2.45, 2.75) is 20.4 Å². The minimum atomic E-state index is -0.505. The molecule has 9 heteroatoms. The second kappa shape index (κ2) is 5.75. The average Bonchev–Trinajstić information content (AvgIpc) is 2.82. The zero-order chi connectivity index (χ0) is 15.6. The lowest BCUT2D eigenvalue weighted by Crippen LogP contribution is -2.21. The van der Waals surface area contributed by atoms with E-state index in [1.165, 1.54) is 6.92 Å². The highest BCUT2D eigenvalue weighted by Gasteiger charge is 2.25. The summed E-state index contributed by atoms with van der Waals surface area (Å²) in [4.78, 5) is 20.3. The first kappa shape index (κ1) is 14.7. The summed E-state index contributed by atoms with van der Waals surface area (Å²) < 4.78 is 5.47. The number of nitro groups is 1. The molecule has 0 atom stereocenters. The topological polar surface area (TPSA) is 123 Å². The van der Waals surface area contributed by atoms with Gasteiger partial charge in [-0.1, -0.05) is 0 Å². The lowest BCUT2D eigenvalue weighted by molar-refractivity contribution is -0.385. The molecule has 0 aliphatic rings. The molecule has 0 aliphatic heterocycles. The number of nitrogens with two attached hydrogens (primary N) is 1. The smallest absolute Gasteiger partial charge is 0.332 e. The fraction of sp³-hybridized carbons (Fsp3) is 0.333. The van der Waals surface area contributed by atoms with E-state index in [-0.39, 0.29) is 23.1 Å². The van der Waals surface area contributed by atoms with Gasteiger partial charge in [0.05, 0.1) is 11.5 Å². The molecular weight excluding hydrogens is 276 g/mol. The van der Waals surface area contributed by atoms with Crippen molar-refractivity contribution in [3.63, 3.8) is 0 Å². The minimum Gasteiger partial charge on any atom is -0.464 e. The van der Waals surface area contributed by atoms with Crippen LogP contribution in [-0.4, -0.2) is 21.9 Å². The number of nitrogen functional groups attached to an aromatic ring is 1. The van der Waals surface area contributed by atoms with E-state index in [1.807, 2.05) is 19.1 Å². The Labute approximate surface area is 120 Å². The summed E-state index contributed by atoms with van der Waals surface area (Å²) in [6.45, 7) is 3.71. The van der Waals surface area contributed by atoms with Crippen LogP contribution in [0.5, 0.6) is 0 Å². The molecule has 0 radical (unpaired) electrons. The Balaban J connectivity index is 2.40. The molecule has 2 aromatic heterocycles. The van der Waals surface area contributed by atoms with Crippen molar-refractivity contribution in [2.24, 2.45) is 5.84 Å². The zero-order valence-corrected chi connectivity index (χ0v) is 12.0. The van der Waals surface area contributed by atoms with Gasteiger partial charge in [-0.3, -0.25) is 15.5 Å². The van der Waals surface area contributed by atoms with Gasteiger partial charge in [-0.15, -0.1) is 0 Å². The van der Waals surface area contributed by atoms with Gasteiger partial charge in [0.2, 0.25) is 11.8 Å². The molecule has 0 aromatic carbocycles. The van der Waals surface area contributed by atoms with Gasteiger partial charge >= 0.3 is 5.69 Å². The van der Waals surface area contributed by atoms with Gasteiger partial charge in [0.25, 0.3) is 0 Å². The monoisotopic (exact) mass is 292 g/mol. The van der Waals surface area contributed by atoms with E-state index in [9.17, 15) is 10.1 Å². The minimum absolute atomic E-state index is 0.121. The summed E-state index contributed by atoms with van der Waals surface area (Å²) in [6, 6.07) is 3.64. The van der Waals surface area contributed by atoms with Crippen molar-refractivity contribution < 1.29 is 9.34 Å². The molecule has 0 amide bonds. The first-order valence-corrected chi connectivity index (χ1v) is 6.18. The highest BCUT2D eigenvalue weighted by Crippen LogP contribution is 2.29. The molecule has 0 spiro atoms. The Bertz CT molecular complexity index is 669. The van der Waals surface area contributed by atoms with Crippen LogP contribution in [-0.2, 0) is 6.54 Å². The van der Waals surface area contributed by atoms with E-state index < -0.39 is 4.92 Å². The van der Waals surface area contributed by atoms with E-state index in [4.69, 9.17) is 10.3 Å². The van der Waals surface area contributed by atoms with Gasteiger partial charge in [0.1, 0.15) is 17.2 Å². The third-order valence-corrected chi connectivity index (χ3v) is 2.90. The summed E-state index contributed by atoms with van der Waals surface area (Å²) in [5.74, 6) is 7.04. The number of hydrogen-bond acceptors (Lipinski definition) is 8. The fourth-order valence-corrected chi connectivity index (χ4v) is 1.98. The van der Waals surface area contributed by atoms with E-state index in [0.717, 1.165) is 5.76 Å². The Morgan fingerprint density at radius 3 is 2.67 bits per heavy atom. The van der Waals surface area contributed by atoms with Gasteiger partial charge < -0.3 is 9.32 Å². The first-order valence-electron chi connectivity index (χ1n) is 6.18. The predicted octanol–water partition coefficient (Wildman–Crippen LogP) is 1.52. The first-order chi connectivity index (χ1) is 9.92. The number of hydrazine groups is 1. The highest BCUT2D eigenvalue weighted by atomic mass is 16.6. The Morgan fingerprint density at radius 2 is 2.14 bits per heavy atom. The normalized spacial score (nSPS) is 10.5. The van der Waals surface area contributed by atoms with Gasteiger partial charge in [-0.05, 0) is 26.0 Å². The quantitative estimate of drug-likeness (QED) is 0.483.